The van der Waals surface area contributed by atoms with Crippen molar-refractivity contribution in [2.45, 2.75) is 0 Å². The number of aromatic nitrogens is 3. The molecule has 0 saturated carbocycles. The van der Waals surface area contributed by atoms with Gasteiger partial charge in [0, 0.05) is 36.9 Å². The highest BCUT2D eigenvalue weighted by Gasteiger charge is 2.18. The Kier molecular flexibility index (Phi) is 5.64. The molecule has 4 heteroatoms. The number of benzene rings is 6. The highest BCUT2D eigenvalue weighted by molar-refractivity contribution is 7.26. The van der Waals surface area contributed by atoms with Gasteiger partial charge in [-0.3, -0.25) is 0 Å². The molecule has 0 N–H and O–H groups in total. The van der Waals surface area contributed by atoms with Crippen molar-refractivity contribution in [3.05, 3.63) is 140 Å². The fourth-order valence-corrected chi connectivity index (χ4v) is 6.77. The van der Waals surface area contributed by atoms with Gasteiger partial charge in [-0.05, 0) is 40.1 Å². The molecule has 0 amide bonds. The molecule has 0 unspecified atom stereocenters. The maximum atomic E-state index is 5.04. The van der Waals surface area contributed by atoms with Gasteiger partial charge in [0.2, 0.25) is 0 Å². The zero-order chi connectivity index (χ0) is 27.2. The van der Waals surface area contributed by atoms with Gasteiger partial charge >= 0.3 is 0 Å². The number of hydrogen-bond acceptors (Lipinski definition) is 4. The van der Waals surface area contributed by atoms with Crippen LogP contribution in [-0.2, 0) is 0 Å². The number of hydrogen-bond donors (Lipinski definition) is 0. The Morgan fingerprint density at radius 1 is 0.390 bits per heavy atom. The third-order valence-electron chi connectivity index (χ3n) is 7.52. The normalized spacial score (nSPS) is 11.4. The van der Waals surface area contributed by atoms with Crippen LogP contribution in [0.15, 0.2) is 140 Å². The highest BCUT2D eigenvalue weighted by Crippen LogP contribution is 2.44. The Morgan fingerprint density at radius 3 is 1.66 bits per heavy atom. The fourth-order valence-electron chi connectivity index (χ4n) is 5.59. The monoisotopic (exact) mass is 541 g/mol. The van der Waals surface area contributed by atoms with Crippen molar-refractivity contribution in [3.63, 3.8) is 0 Å². The van der Waals surface area contributed by atoms with E-state index in [2.05, 4.69) is 78.9 Å². The smallest absolute Gasteiger partial charge is 0.164 e. The predicted molar refractivity (Wildman–Crippen MR) is 172 cm³/mol. The first-order chi connectivity index (χ1) is 20.3. The van der Waals surface area contributed by atoms with E-state index in [0.29, 0.717) is 17.5 Å². The van der Waals surface area contributed by atoms with Crippen LogP contribution in [0, 0.1) is 0 Å². The summed E-state index contributed by atoms with van der Waals surface area (Å²) in [4.78, 5) is 15.0. The summed E-state index contributed by atoms with van der Waals surface area (Å²) in [7, 11) is 0. The van der Waals surface area contributed by atoms with Crippen molar-refractivity contribution < 1.29 is 0 Å². The number of rotatable bonds is 4. The number of thiophene rings is 1. The van der Waals surface area contributed by atoms with Crippen molar-refractivity contribution in [2.24, 2.45) is 0 Å². The quantitative estimate of drug-likeness (QED) is 0.222. The van der Waals surface area contributed by atoms with Crippen LogP contribution in [0.4, 0.5) is 0 Å². The number of fused-ring (bicyclic) bond motifs is 4. The van der Waals surface area contributed by atoms with Crippen molar-refractivity contribution in [1.29, 1.82) is 0 Å². The molecule has 0 saturated heterocycles. The van der Waals surface area contributed by atoms with E-state index < -0.39 is 0 Å². The molecule has 0 bridgehead atoms. The molecule has 8 rings (SSSR count). The van der Waals surface area contributed by atoms with Gasteiger partial charge in [-0.15, -0.1) is 11.3 Å². The largest absolute Gasteiger partial charge is 0.208 e. The third kappa shape index (κ3) is 4.17. The Hall–Kier alpha value is -5.19. The van der Waals surface area contributed by atoms with Crippen LogP contribution in [0.1, 0.15) is 0 Å². The second kappa shape index (κ2) is 9.77. The summed E-state index contributed by atoms with van der Waals surface area (Å²) >= 11 is 1.81. The summed E-state index contributed by atoms with van der Waals surface area (Å²) in [6.45, 7) is 0. The minimum absolute atomic E-state index is 0.664. The Labute approximate surface area is 241 Å². The molecule has 0 atom stereocenters. The molecular weight excluding hydrogens is 518 g/mol. The Bertz CT molecular complexity index is 2140. The van der Waals surface area contributed by atoms with Gasteiger partial charge in [-0.1, -0.05) is 121 Å². The lowest BCUT2D eigenvalue weighted by Crippen LogP contribution is -2.00. The SMILES string of the molecule is c1ccc(-c2nc(-c3ccccc3)nc(-c3cc(-c4cccc5ccccc45)c4c(c3)sc3ccccc34)n2)cc1. The molecule has 0 aliphatic carbocycles. The second-order valence-corrected chi connectivity index (χ2v) is 11.1. The Morgan fingerprint density at radius 2 is 0.951 bits per heavy atom. The molecule has 2 aromatic heterocycles. The van der Waals surface area contributed by atoms with E-state index in [-0.39, 0.29) is 0 Å². The molecule has 3 nitrogen and oxygen atoms in total. The topological polar surface area (TPSA) is 38.7 Å². The van der Waals surface area contributed by atoms with Gasteiger partial charge in [0.25, 0.3) is 0 Å². The van der Waals surface area contributed by atoms with Crippen LogP contribution in [0.3, 0.4) is 0 Å². The summed E-state index contributed by atoms with van der Waals surface area (Å²) in [5.74, 6) is 1.99. The molecule has 2 heterocycles. The van der Waals surface area contributed by atoms with E-state index in [1.807, 2.05) is 72.0 Å². The summed E-state index contributed by atoms with van der Waals surface area (Å²) in [5, 5.41) is 4.99. The standard InChI is InChI=1S/C37H23N3S/c1-3-13-25(14-4-1)35-38-36(26-15-5-2-6-16-26)40-37(39-35)27-22-31(29-20-11-17-24-12-7-8-18-28(24)29)34-30-19-9-10-21-32(30)41-33(34)23-27/h1-23H. The van der Waals surface area contributed by atoms with E-state index in [4.69, 9.17) is 15.0 Å². The summed E-state index contributed by atoms with van der Waals surface area (Å²) in [6, 6.07) is 48.6. The van der Waals surface area contributed by atoms with Gasteiger partial charge in [-0.2, -0.15) is 0 Å². The molecule has 0 aliphatic rings. The van der Waals surface area contributed by atoms with E-state index in [1.165, 1.54) is 42.1 Å². The zero-order valence-corrected chi connectivity index (χ0v) is 22.8. The molecule has 0 fully saturated rings. The van der Waals surface area contributed by atoms with Crippen molar-refractivity contribution in [3.8, 4) is 45.3 Å². The van der Waals surface area contributed by atoms with E-state index in [0.717, 1.165) is 16.7 Å². The summed E-state index contributed by atoms with van der Waals surface area (Å²) < 4.78 is 2.49. The summed E-state index contributed by atoms with van der Waals surface area (Å²) in [6.07, 6.45) is 0. The maximum absolute atomic E-state index is 5.04. The van der Waals surface area contributed by atoms with Crippen molar-refractivity contribution in [2.75, 3.05) is 0 Å². The van der Waals surface area contributed by atoms with E-state index >= 15 is 0 Å². The van der Waals surface area contributed by atoms with Gasteiger partial charge in [-0.25, -0.2) is 15.0 Å². The second-order valence-electron chi connectivity index (χ2n) is 10.1. The van der Waals surface area contributed by atoms with Crippen LogP contribution in [-0.4, -0.2) is 15.0 Å². The van der Waals surface area contributed by atoms with Crippen molar-refractivity contribution >= 4 is 42.3 Å². The average molecular weight is 542 g/mol. The van der Waals surface area contributed by atoms with Crippen molar-refractivity contribution in [1.82, 2.24) is 15.0 Å². The molecule has 6 aromatic carbocycles. The van der Waals surface area contributed by atoms with Gasteiger partial charge in [0.05, 0.1) is 0 Å². The first-order valence-corrected chi connectivity index (χ1v) is 14.4. The van der Waals surface area contributed by atoms with E-state index in [1.54, 1.807) is 0 Å². The molecule has 8 aromatic rings. The zero-order valence-electron chi connectivity index (χ0n) is 22.0. The molecule has 0 radical (unpaired) electrons. The minimum Gasteiger partial charge on any atom is -0.208 e. The predicted octanol–water partition coefficient (Wildman–Crippen LogP) is 10.1. The molecule has 192 valence electrons. The minimum atomic E-state index is 0.664. The van der Waals surface area contributed by atoms with Gasteiger partial charge in [0.1, 0.15) is 0 Å². The lowest BCUT2D eigenvalue weighted by molar-refractivity contribution is 1.07. The van der Waals surface area contributed by atoms with Crippen LogP contribution in [0.25, 0.3) is 76.2 Å². The molecule has 41 heavy (non-hydrogen) atoms. The lowest BCUT2D eigenvalue weighted by atomic mass is 9.93. The van der Waals surface area contributed by atoms with E-state index in [9.17, 15) is 0 Å². The molecular formula is C37H23N3S. The fraction of sp³-hybridized carbons (Fsp3) is 0. The molecule has 0 aliphatic heterocycles. The lowest BCUT2D eigenvalue weighted by Gasteiger charge is -2.13. The third-order valence-corrected chi connectivity index (χ3v) is 8.63. The average Bonchev–Trinajstić information content (AvgIpc) is 3.43. The van der Waals surface area contributed by atoms with Crippen LogP contribution < -0.4 is 0 Å². The van der Waals surface area contributed by atoms with Gasteiger partial charge in [0.15, 0.2) is 17.5 Å². The van der Waals surface area contributed by atoms with Crippen LogP contribution >= 0.6 is 11.3 Å². The van der Waals surface area contributed by atoms with Gasteiger partial charge < -0.3 is 0 Å². The highest BCUT2D eigenvalue weighted by atomic mass is 32.1. The first-order valence-electron chi connectivity index (χ1n) is 13.6. The number of nitrogens with zero attached hydrogens (tertiary/aromatic N) is 3. The Balaban J connectivity index is 1.44. The maximum Gasteiger partial charge on any atom is 0.164 e. The van der Waals surface area contributed by atoms with Crippen LogP contribution in [0.2, 0.25) is 0 Å². The first kappa shape index (κ1) is 23.7. The van der Waals surface area contributed by atoms with Crippen LogP contribution in [0.5, 0.6) is 0 Å². The molecule has 0 spiro atoms. The summed E-state index contributed by atoms with van der Waals surface area (Å²) in [5.41, 5.74) is 5.30.